The van der Waals surface area contributed by atoms with E-state index < -0.39 is 37.9 Å². The second-order valence-corrected chi connectivity index (χ2v) is 7.00. The second kappa shape index (κ2) is 6.53. The predicted octanol–water partition coefficient (Wildman–Crippen LogP) is 1.15. The molecule has 0 amide bonds. The van der Waals surface area contributed by atoms with Crippen molar-refractivity contribution in [2.75, 3.05) is 26.8 Å². The van der Waals surface area contributed by atoms with Crippen molar-refractivity contribution in [1.82, 2.24) is 10.0 Å². The minimum atomic E-state index is -4.30. The third-order valence-corrected chi connectivity index (χ3v) is 5.03. The molecule has 1 atom stereocenters. The SMILES string of the molecule is COCC1(CNS(=O)(=O)c2cc(F)c(F)cc2F)CCCN1. The van der Waals surface area contributed by atoms with E-state index in [9.17, 15) is 21.6 Å². The zero-order valence-electron chi connectivity index (χ0n) is 12.0. The predicted molar refractivity (Wildman–Crippen MR) is 73.3 cm³/mol. The molecule has 0 radical (unpaired) electrons. The molecule has 0 aliphatic carbocycles. The second-order valence-electron chi connectivity index (χ2n) is 5.26. The highest BCUT2D eigenvalue weighted by Gasteiger charge is 2.35. The van der Waals surface area contributed by atoms with Crippen molar-refractivity contribution in [3.63, 3.8) is 0 Å². The van der Waals surface area contributed by atoms with Crippen LogP contribution in [0.5, 0.6) is 0 Å². The van der Waals surface area contributed by atoms with E-state index in [1.54, 1.807) is 0 Å². The summed E-state index contributed by atoms with van der Waals surface area (Å²) in [5.74, 6) is -4.20. The van der Waals surface area contributed by atoms with E-state index in [1.807, 2.05) is 0 Å². The maximum Gasteiger partial charge on any atom is 0.243 e. The van der Waals surface area contributed by atoms with Gasteiger partial charge in [0.25, 0.3) is 0 Å². The molecule has 22 heavy (non-hydrogen) atoms. The molecule has 1 aliphatic heterocycles. The Kier molecular flexibility index (Phi) is 5.10. The third kappa shape index (κ3) is 3.60. The summed E-state index contributed by atoms with van der Waals surface area (Å²) in [4.78, 5) is -0.919. The Morgan fingerprint density at radius 1 is 1.27 bits per heavy atom. The van der Waals surface area contributed by atoms with Gasteiger partial charge in [-0.3, -0.25) is 0 Å². The van der Waals surface area contributed by atoms with Gasteiger partial charge in [0.15, 0.2) is 11.6 Å². The number of rotatable bonds is 6. The van der Waals surface area contributed by atoms with Crippen LogP contribution < -0.4 is 10.0 Å². The molecule has 0 bridgehead atoms. The van der Waals surface area contributed by atoms with Crippen molar-refractivity contribution in [3.05, 3.63) is 29.6 Å². The van der Waals surface area contributed by atoms with Gasteiger partial charge in [0, 0.05) is 19.7 Å². The van der Waals surface area contributed by atoms with Crippen LogP contribution in [-0.2, 0) is 14.8 Å². The summed E-state index contributed by atoms with van der Waals surface area (Å²) in [7, 11) is -2.81. The standard InChI is InChI=1S/C13H17F3N2O3S/c1-21-8-13(3-2-4-17-13)7-18-22(19,20)12-6-10(15)9(14)5-11(12)16/h5-6,17-18H,2-4,7-8H2,1H3. The molecule has 1 aliphatic rings. The maximum absolute atomic E-state index is 13.6. The molecule has 1 fully saturated rings. The van der Waals surface area contributed by atoms with Gasteiger partial charge < -0.3 is 10.1 Å². The molecule has 0 spiro atoms. The average Bonchev–Trinajstić information content (AvgIpc) is 2.90. The number of nitrogens with one attached hydrogen (secondary N) is 2. The lowest BCUT2D eigenvalue weighted by Gasteiger charge is -2.28. The van der Waals surface area contributed by atoms with Gasteiger partial charge in [-0.1, -0.05) is 0 Å². The molecule has 0 aromatic heterocycles. The number of hydrogen-bond acceptors (Lipinski definition) is 4. The molecule has 9 heteroatoms. The smallest absolute Gasteiger partial charge is 0.243 e. The molecule has 124 valence electrons. The summed E-state index contributed by atoms with van der Waals surface area (Å²) >= 11 is 0. The van der Waals surface area contributed by atoms with Crippen molar-refractivity contribution in [2.45, 2.75) is 23.3 Å². The summed E-state index contributed by atoms with van der Waals surface area (Å²) in [6.07, 6.45) is 1.54. The molecule has 2 N–H and O–H groups in total. The van der Waals surface area contributed by atoms with Crippen molar-refractivity contribution in [2.24, 2.45) is 0 Å². The number of benzene rings is 1. The molecule has 0 saturated carbocycles. The van der Waals surface area contributed by atoms with Crippen LogP contribution in [0.2, 0.25) is 0 Å². The largest absolute Gasteiger partial charge is 0.383 e. The fourth-order valence-electron chi connectivity index (χ4n) is 2.49. The fourth-order valence-corrected chi connectivity index (χ4v) is 3.69. The van der Waals surface area contributed by atoms with E-state index in [1.165, 1.54) is 7.11 Å². The minimum Gasteiger partial charge on any atom is -0.383 e. The number of ether oxygens (including phenoxy) is 1. The first kappa shape index (κ1) is 17.2. The molecule has 1 aromatic rings. The van der Waals surface area contributed by atoms with Crippen LogP contribution in [0.4, 0.5) is 13.2 Å². The highest BCUT2D eigenvalue weighted by molar-refractivity contribution is 7.89. The molecule has 1 heterocycles. The summed E-state index contributed by atoms with van der Waals surface area (Å²) in [6, 6.07) is 0.542. The Morgan fingerprint density at radius 3 is 2.55 bits per heavy atom. The van der Waals surface area contributed by atoms with E-state index in [4.69, 9.17) is 4.74 Å². The summed E-state index contributed by atoms with van der Waals surface area (Å²) in [6.45, 7) is 0.946. The topological polar surface area (TPSA) is 67.4 Å². The van der Waals surface area contributed by atoms with Crippen LogP contribution in [0, 0.1) is 17.5 Å². The van der Waals surface area contributed by atoms with E-state index >= 15 is 0 Å². The van der Waals surface area contributed by atoms with E-state index in [0.717, 1.165) is 6.42 Å². The quantitative estimate of drug-likeness (QED) is 0.764. The number of hydrogen-bond donors (Lipinski definition) is 2. The van der Waals surface area contributed by atoms with E-state index in [2.05, 4.69) is 10.0 Å². The Morgan fingerprint density at radius 2 is 1.95 bits per heavy atom. The summed E-state index contributed by atoms with van der Waals surface area (Å²) < 4.78 is 71.2. The van der Waals surface area contributed by atoms with Gasteiger partial charge in [0.05, 0.1) is 12.1 Å². The summed E-state index contributed by atoms with van der Waals surface area (Å²) in [5.41, 5.74) is -0.586. The minimum absolute atomic E-state index is 0.0401. The Bertz CT molecular complexity index is 646. The summed E-state index contributed by atoms with van der Waals surface area (Å²) in [5, 5.41) is 3.15. The van der Waals surface area contributed by atoms with Crippen molar-refractivity contribution in [1.29, 1.82) is 0 Å². The van der Waals surface area contributed by atoms with E-state index in [0.29, 0.717) is 19.0 Å². The van der Waals surface area contributed by atoms with Crippen molar-refractivity contribution < 1.29 is 26.3 Å². The van der Waals surface area contributed by atoms with Gasteiger partial charge in [-0.05, 0) is 25.5 Å². The van der Waals surface area contributed by atoms with Gasteiger partial charge in [0.2, 0.25) is 10.0 Å². The highest BCUT2D eigenvalue weighted by atomic mass is 32.2. The van der Waals surface area contributed by atoms with Crippen molar-refractivity contribution >= 4 is 10.0 Å². The first-order valence-electron chi connectivity index (χ1n) is 6.68. The van der Waals surface area contributed by atoms with Gasteiger partial charge in [-0.2, -0.15) is 0 Å². The molecular weight excluding hydrogens is 321 g/mol. The Balaban J connectivity index is 2.19. The maximum atomic E-state index is 13.6. The molecule has 1 unspecified atom stereocenters. The first-order valence-corrected chi connectivity index (χ1v) is 8.16. The van der Waals surface area contributed by atoms with Crippen molar-refractivity contribution in [3.8, 4) is 0 Å². The monoisotopic (exact) mass is 338 g/mol. The zero-order chi connectivity index (χ0) is 16.4. The molecule has 1 aromatic carbocycles. The van der Waals surface area contributed by atoms with Crippen LogP contribution in [0.15, 0.2) is 17.0 Å². The number of halogens is 3. The van der Waals surface area contributed by atoms with Crippen LogP contribution in [0.1, 0.15) is 12.8 Å². The Hall–Kier alpha value is -1.16. The molecule has 2 rings (SSSR count). The first-order chi connectivity index (χ1) is 10.3. The van der Waals surface area contributed by atoms with Gasteiger partial charge in [-0.25, -0.2) is 26.3 Å². The normalized spacial score (nSPS) is 22.2. The van der Waals surface area contributed by atoms with Gasteiger partial charge >= 0.3 is 0 Å². The fraction of sp³-hybridized carbons (Fsp3) is 0.538. The van der Waals surface area contributed by atoms with E-state index in [-0.39, 0.29) is 19.2 Å². The van der Waals surface area contributed by atoms with Crippen LogP contribution in [0.3, 0.4) is 0 Å². The number of methoxy groups -OCH3 is 1. The third-order valence-electron chi connectivity index (χ3n) is 3.62. The van der Waals surface area contributed by atoms with Crippen LogP contribution in [-0.4, -0.2) is 40.8 Å². The molecule has 5 nitrogen and oxygen atoms in total. The van der Waals surface area contributed by atoms with Gasteiger partial charge in [-0.15, -0.1) is 0 Å². The number of sulfonamides is 1. The average molecular weight is 338 g/mol. The molecular formula is C13H17F3N2O3S. The zero-order valence-corrected chi connectivity index (χ0v) is 12.8. The Labute approximate surface area is 126 Å². The van der Waals surface area contributed by atoms with Crippen LogP contribution in [0.25, 0.3) is 0 Å². The highest BCUT2D eigenvalue weighted by Crippen LogP contribution is 2.22. The molecule has 1 saturated heterocycles. The lowest BCUT2D eigenvalue weighted by atomic mass is 9.99. The lowest BCUT2D eigenvalue weighted by molar-refractivity contribution is 0.122. The van der Waals surface area contributed by atoms with Gasteiger partial charge in [0.1, 0.15) is 10.7 Å². The van der Waals surface area contributed by atoms with Crippen LogP contribution >= 0.6 is 0 Å². The lowest BCUT2D eigenvalue weighted by Crippen LogP contribution is -2.52.